The Morgan fingerprint density at radius 3 is 2.85 bits per heavy atom. The van der Waals surface area contributed by atoms with Crippen LogP contribution in [0.1, 0.15) is 33.6 Å². The van der Waals surface area contributed by atoms with Gasteiger partial charge in [0.15, 0.2) is 11.6 Å². The Hall–Kier alpha value is -4.51. The van der Waals surface area contributed by atoms with E-state index in [1.807, 2.05) is 19.0 Å². The second-order valence-corrected chi connectivity index (χ2v) is 10.1. The van der Waals surface area contributed by atoms with Crippen LogP contribution in [0.25, 0.3) is 27.4 Å². The van der Waals surface area contributed by atoms with Crippen molar-refractivity contribution in [3.63, 3.8) is 0 Å². The molecule has 2 aromatic heterocycles. The highest BCUT2D eigenvalue weighted by atomic mass is 19.1. The number of nitrogens with zero attached hydrogens (tertiary/aromatic N) is 3. The van der Waals surface area contributed by atoms with Crippen LogP contribution in [-0.4, -0.2) is 65.3 Å². The number of anilines is 1. The van der Waals surface area contributed by atoms with Gasteiger partial charge in [-0.3, -0.25) is 9.89 Å². The number of hydrogen-bond donors (Lipinski definition) is 2. The normalized spacial score (nSPS) is 14.7. The van der Waals surface area contributed by atoms with Gasteiger partial charge in [0.25, 0.3) is 0 Å². The molecule has 1 aliphatic heterocycles. The zero-order chi connectivity index (χ0) is 28.1. The fourth-order valence-corrected chi connectivity index (χ4v) is 5.32. The number of carbonyl (C=O) groups is 2. The third kappa shape index (κ3) is 4.22. The van der Waals surface area contributed by atoms with Crippen molar-refractivity contribution in [1.29, 1.82) is 0 Å². The van der Waals surface area contributed by atoms with E-state index >= 15 is 8.78 Å². The van der Waals surface area contributed by atoms with Crippen LogP contribution in [0, 0.1) is 11.6 Å². The molecule has 0 atom stereocenters. The molecule has 0 fully saturated rings. The molecule has 11 heteroatoms. The highest BCUT2D eigenvalue weighted by Crippen LogP contribution is 2.44. The molecule has 0 radical (unpaired) electrons. The quantitative estimate of drug-likeness (QED) is 0.336. The highest BCUT2D eigenvalue weighted by molar-refractivity contribution is 6.28. The molecule has 0 saturated heterocycles. The summed E-state index contributed by atoms with van der Waals surface area (Å²) in [4.78, 5) is 28.8. The lowest BCUT2D eigenvalue weighted by atomic mass is 9.92. The van der Waals surface area contributed by atoms with Crippen LogP contribution < -0.4 is 10.5 Å². The van der Waals surface area contributed by atoms with Crippen LogP contribution >= 0.6 is 0 Å². The van der Waals surface area contributed by atoms with Crippen molar-refractivity contribution in [3.05, 3.63) is 70.4 Å². The number of nitrogens with two attached hydrogens (primary N) is 1. The number of ether oxygens (including phenoxy) is 2. The van der Waals surface area contributed by atoms with Crippen molar-refractivity contribution < 1.29 is 27.8 Å². The molecule has 3 heterocycles. The molecule has 2 aliphatic rings. The van der Waals surface area contributed by atoms with Crippen LogP contribution in [0.15, 0.2) is 36.4 Å². The van der Waals surface area contributed by atoms with Crippen LogP contribution in [0.4, 0.5) is 14.6 Å². The molecule has 0 spiro atoms. The summed E-state index contributed by atoms with van der Waals surface area (Å²) in [6, 6.07) is 4.13. The number of fused-ring (bicyclic) bond motifs is 4. The summed E-state index contributed by atoms with van der Waals surface area (Å²) in [6.45, 7) is 0.630. The summed E-state index contributed by atoms with van der Waals surface area (Å²) in [5, 5.41) is 7.55. The first-order valence-corrected chi connectivity index (χ1v) is 12.9. The fourth-order valence-electron chi connectivity index (χ4n) is 5.32. The molecular formula is C29H27F2N5O4. The van der Waals surface area contributed by atoms with E-state index in [-0.39, 0.29) is 65.9 Å². The largest absolute Gasteiger partial charge is 0.492 e. The number of esters is 1. The number of H-pyrrole nitrogens is 1. The second-order valence-electron chi connectivity index (χ2n) is 10.1. The minimum atomic E-state index is -0.715. The molecule has 4 aromatic rings. The van der Waals surface area contributed by atoms with E-state index in [4.69, 9.17) is 15.2 Å². The monoisotopic (exact) mass is 547 g/mol. The van der Waals surface area contributed by atoms with Crippen molar-refractivity contribution in [2.75, 3.05) is 39.6 Å². The van der Waals surface area contributed by atoms with E-state index in [1.165, 1.54) is 16.7 Å². The number of aromatic nitrogens is 3. The third-order valence-electron chi connectivity index (χ3n) is 7.28. The first kappa shape index (κ1) is 25.8. The third-order valence-corrected chi connectivity index (χ3v) is 7.28. The first-order chi connectivity index (χ1) is 19.2. The van der Waals surface area contributed by atoms with Gasteiger partial charge in [0.2, 0.25) is 0 Å². The van der Waals surface area contributed by atoms with E-state index in [0.29, 0.717) is 40.4 Å². The van der Waals surface area contributed by atoms with Crippen molar-refractivity contribution >= 4 is 44.9 Å². The number of benzene rings is 2. The number of allylic oxidation sites excluding steroid dienone is 4. The Balaban J connectivity index is 1.63. The average Bonchev–Trinajstić information content (AvgIpc) is 3.61. The lowest BCUT2D eigenvalue weighted by molar-refractivity contribution is -0.113. The van der Waals surface area contributed by atoms with E-state index < -0.39 is 17.6 Å². The van der Waals surface area contributed by atoms with Crippen molar-refractivity contribution in [2.24, 2.45) is 0 Å². The molecule has 40 heavy (non-hydrogen) atoms. The van der Waals surface area contributed by atoms with Crippen LogP contribution in [-0.2, 0) is 22.5 Å². The van der Waals surface area contributed by atoms with Gasteiger partial charge in [0, 0.05) is 47.0 Å². The Kier molecular flexibility index (Phi) is 6.38. The SMILES string of the molecule is CN(C)CCOC(=O)c1c(C2=CC=CCC2=O)c2c3c(c(F)cc2n1Cc1cc2c(N)n[nH]c2cc1F)CCO3. The van der Waals surface area contributed by atoms with E-state index in [9.17, 15) is 9.59 Å². The lowest BCUT2D eigenvalue weighted by Crippen LogP contribution is -2.22. The van der Waals surface area contributed by atoms with Gasteiger partial charge in [-0.2, -0.15) is 5.10 Å². The zero-order valence-electron chi connectivity index (χ0n) is 22.0. The molecule has 0 amide bonds. The average molecular weight is 548 g/mol. The summed E-state index contributed by atoms with van der Waals surface area (Å²) in [6.07, 6.45) is 5.58. The number of nitrogens with one attached hydrogen (secondary N) is 1. The van der Waals surface area contributed by atoms with Crippen molar-refractivity contribution in [1.82, 2.24) is 19.7 Å². The summed E-state index contributed by atoms with van der Waals surface area (Å²) < 4.78 is 43.8. The number of likely N-dealkylation sites (N-methyl/N-ethyl adjacent to an activating group) is 1. The molecule has 6 rings (SSSR count). The van der Waals surface area contributed by atoms with Crippen LogP contribution in [0.5, 0.6) is 5.75 Å². The topological polar surface area (TPSA) is 115 Å². The molecule has 0 unspecified atom stereocenters. The Morgan fingerprint density at radius 1 is 1.25 bits per heavy atom. The minimum absolute atomic E-state index is 0.0200. The highest BCUT2D eigenvalue weighted by Gasteiger charge is 2.34. The molecule has 3 N–H and O–H groups in total. The Labute approximate surface area is 227 Å². The number of carbonyl (C=O) groups excluding carboxylic acids is 2. The van der Waals surface area contributed by atoms with Gasteiger partial charge in [-0.25, -0.2) is 13.6 Å². The summed E-state index contributed by atoms with van der Waals surface area (Å²) >= 11 is 0. The van der Waals surface area contributed by atoms with E-state index in [0.717, 1.165) is 0 Å². The fraction of sp³-hybridized carbons (Fsp3) is 0.276. The molecule has 0 bridgehead atoms. The van der Waals surface area contributed by atoms with Gasteiger partial charge in [-0.15, -0.1) is 0 Å². The smallest absolute Gasteiger partial charge is 0.355 e. The number of ketones is 1. The minimum Gasteiger partial charge on any atom is -0.492 e. The van der Waals surface area contributed by atoms with Crippen LogP contribution in [0.3, 0.4) is 0 Å². The number of rotatable bonds is 7. The first-order valence-electron chi connectivity index (χ1n) is 12.9. The zero-order valence-corrected chi connectivity index (χ0v) is 22.0. The number of aromatic amines is 1. The lowest BCUT2D eigenvalue weighted by Gasteiger charge is -2.15. The maximum absolute atomic E-state index is 15.4. The molecule has 0 saturated carbocycles. The summed E-state index contributed by atoms with van der Waals surface area (Å²) in [5.74, 6) is -1.52. The van der Waals surface area contributed by atoms with Crippen molar-refractivity contribution in [2.45, 2.75) is 19.4 Å². The summed E-state index contributed by atoms with van der Waals surface area (Å²) in [5.41, 5.74) is 7.83. The molecule has 2 aromatic carbocycles. The number of halogens is 2. The number of nitrogen functional groups attached to an aromatic ring is 1. The maximum Gasteiger partial charge on any atom is 0.355 e. The predicted octanol–water partition coefficient (Wildman–Crippen LogP) is 3.99. The summed E-state index contributed by atoms with van der Waals surface area (Å²) in [7, 11) is 3.69. The van der Waals surface area contributed by atoms with Gasteiger partial charge >= 0.3 is 5.97 Å². The van der Waals surface area contributed by atoms with Gasteiger partial charge in [-0.1, -0.05) is 18.2 Å². The molecule has 206 valence electrons. The predicted molar refractivity (Wildman–Crippen MR) is 146 cm³/mol. The second kappa shape index (κ2) is 9.91. The molecule has 1 aliphatic carbocycles. The number of hydrogen-bond acceptors (Lipinski definition) is 7. The Bertz CT molecular complexity index is 1770. The van der Waals surface area contributed by atoms with Gasteiger partial charge in [0.1, 0.15) is 29.7 Å². The standard InChI is InChI=1S/C29H27F2N5O4/c1-35(2)8-10-40-29(38)26-24(17-5-3-4-6-23(17)37)25-22(13-20(31)16-7-9-39-27(16)25)36(26)14-15-11-18-21(12-19(15)30)33-34-28(18)32/h3-5,11-13H,6-10,14H2,1-2H3,(H3,32,33,34). The van der Waals surface area contributed by atoms with Gasteiger partial charge in [0.05, 0.1) is 29.6 Å². The van der Waals surface area contributed by atoms with Crippen LogP contribution in [0.2, 0.25) is 0 Å². The van der Waals surface area contributed by atoms with Crippen molar-refractivity contribution in [3.8, 4) is 5.75 Å². The van der Waals surface area contributed by atoms with Gasteiger partial charge in [-0.05, 0) is 32.3 Å². The van der Waals surface area contributed by atoms with E-state index in [2.05, 4.69) is 10.2 Å². The maximum atomic E-state index is 15.4. The van der Waals surface area contributed by atoms with E-state index in [1.54, 1.807) is 24.3 Å². The molecular weight excluding hydrogens is 520 g/mol. The molecule has 9 nitrogen and oxygen atoms in total. The number of Topliss-reactive ketones (excluding diaryl/α,β-unsaturated/α-hetero) is 1. The van der Waals surface area contributed by atoms with Gasteiger partial charge < -0.3 is 24.7 Å². The Morgan fingerprint density at radius 2 is 2.08 bits per heavy atom.